The van der Waals surface area contributed by atoms with Gasteiger partial charge in [-0.3, -0.25) is 4.79 Å². The third-order valence-electron chi connectivity index (χ3n) is 4.21. The van der Waals surface area contributed by atoms with E-state index in [0.717, 1.165) is 17.9 Å². The third kappa shape index (κ3) is 2.61. The minimum absolute atomic E-state index is 0.00296. The van der Waals surface area contributed by atoms with Crippen LogP contribution in [-0.4, -0.2) is 60.6 Å². The highest BCUT2D eigenvalue weighted by atomic mass is 16.5. The van der Waals surface area contributed by atoms with Crippen molar-refractivity contribution in [3.8, 4) is 5.75 Å². The second-order valence-electron chi connectivity index (χ2n) is 5.70. The van der Waals surface area contributed by atoms with Crippen LogP contribution in [-0.2, 0) is 0 Å². The SMILES string of the molecule is CCOc1cc(C(=O)N2CC(N3CCNC3=O)C2)ccc1C. The maximum absolute atomic E-state index is 12.5. The number of amides is 3. The first-order valence-corrected chi connectivity index (χ1v) is 7.67. The highest BCUT2D eigenvalue weighted by Gasteiger charge is 2.39. The first-order chi connectivity index (χ1) is 10.6. The summed E-state index contributed by atoms with van der Waals surface area (Å²) in [6.45, 7) is 7.09. The summed E-state index contributed by atoms with van der Waals surface area (Å²) in [5, 5.41) is 2.79. The average Bonchev–Trinajstić information content (AvgIpc) is 2.86. The van der Waals surface area contributed by atoms with Crippen LogP contribution in [0.4, 0.5) is 4.79 Å². The Labute approximate surface area is 130 Å². The van der Waals surface area contributed by atoms with Crippen molar-refractivity contribution >= 4 is 11.9 Å². The van der Waals surface area contributed by atoms with Crippen LogP contribution in [0.1, 0.15) is 22.8 Å². The number of ether oxygens (including phenoxy) is 1. The van der Waals surface area contributed by atoms with Gasteiger partial charge in [0.15, 0.2) is 0 Å². The number of carbonyl (C=O) groups is 2. The lowest BCUT2D eigenvalue weighted by Crippen LogP contribution is -2.61. The van der Waals surface area contributed by atoms with Gasteiger partial charge in [-0.2, -0.15) is 0 Å². The van der Waals surface area contributed by atoms with Gasteiger partial charge >= 0.3 is 6.03 Å². The maximum atomic E-state index is 12.5. The Balaban J connectivity index is 1.63. The Morgan fingerprint density at radius 3 is 2.82 bits per heavy atom. The monoisotopic (exact) mass is 303 g/mol. The molecule has 0 radical (unpaired) electrons. The molecule has 3 rings (SSSR count). The predicted octanol–water partition coefficient (Wildman–Crippen LogP) is 1.24. The molecular formula is C16H21N3O3. The number of carbonyl (C=O) groups excluding carboxylic acids is 2. The first kappa shape index (κ1) is 14.7. The highest BCUT2D eigenvalue weighted by Crippen LogP contribution is 2.24. The van der Waals surface area contributed by atoms with Crippen molar-refractivity contribution in [3.05, 3.63) is 29.3 Å². The Morgan fingerprint density at radius 2 is 2.18 bits per heavy atom. The van der Waals surface area contributed by atoms with Crippen molar-refractivity contribution in [2.75, 3.05) is 32.8 Å². The fraction of sp³-hybridized carbons (Fsp3) is 0.500. The van der Waals surface area contributed by atoms with Gasteiger partial charge in [-0.05, 0) is 31.5 Å². The molecule has 0 aromatic heterocycles. The van der Waals surface area contributed by atoms with Gasteiger partial charge in [0, 0.05) is 31.7 Å². The Bertz CT molecular complexity index is 596. The van der Waals surface area contributed by atoms with Crippen molar-refractivity contribution in [1.82, 2.24) is 15.1 Å². The van der Waals surface area contributed by atoms with Crippen LogP contribution >= 0.6 is 0 Å². The van der Waals surface area contributed by atoms with Crippen LogP contribution in [0.15, 0.2) is 18.2 Å². The van der Waals surface area contributed by atoms with E-state index in [9.17, 15) is 9.59 Å². The van der Waals surface area contributed by atoms with Gasteiger partial charge in [-0.25, -0.2) is 4.79 Å². The lowest BCUT2D eigenvalue weighted by atomic mass is 10.0. The summed E-state index contributed by atoms with van der Waals surface area (Å²) in [5.41, 5.74) is 1.66. The molecule has 1 N–H and O–H groups in total. The highest BCUT2D eigenvalue weighted by molar-refractivity contribution is 5.95. The number of hydrogen-bond donors (Lipinski definition) is 1. The van der Waals surface area contributed by atoms with Gasteiger partial charge in [0.25, 0.3) is 5.91 Å². The molecule has 2 aliphatic heterocycles. The zero-order valence-electron chi connectivity index (χ0n) is 13.0. The number of urea groups is 1. The fourth-order valence-electron chi connectivity index (χ4n) is 2.88. The summed E-state index contributed by atoms with van der Waals surface area (Å²) in [6, 6.07) is 5.66. The van der Waals surface area contributed by atoms with E-state index >= 15 is 0 Å². The van der Waals surface area contributed by atoms with Crippen molar-refractivity contribution in [2.24, 2.45) is 0 Å². The molecule has 0 unspecified atom stereocenters. The van der Waals surface area contributed by atoms with Gasteiger partial charge < -0.3 is 19.9 Å². The standard InChI is InChI=1S/C16H21N3O3/c1-3-22-14-8-12(5-4-11(14)2)15(20)18-9-13(10-18)19-7-6-17-16(19)21/h4-5,8,13H,3,6-7,9-10H2,1-2H3,(H,17,21). The Hall–Kier alpha value is -2.24. The molecule has 6 nitrogen and oxygen atoms in total. The first-order valence-electron chi connectivity index (χ1n) is 7.67. The van der Waals surface area contributed by atoms with E-state index in [1.165, 1.54) is 0 Å². The molecule has 0 aliphatic carbocycles. The molecule has 0 saturated carbocycles. The van der Waals surface area contributed by atoms with Gasteiger partial charge in [-0.1, -0.05) is 6.07 Å². The number of nitrogens with zero attached hydrogens (tertiary/aromatic N) is 2. The van der Waals surface area contributed by atoms with Crippen LogP contribution in [0.3, 0.4) is 0 Å². The van der Waals surface area contributed by atoms with Crippen LogP contribution in [0.25, 0.3) is 0 Å². The molecule has 0 spiro atoms. The molecule has 2 heterocycles. The van der Waals surface area contributed by atoms with Gasteiger partial charge in [0.1, 0.15) is 5.75 Å². The van der Waals surface area contributed by atoms with Crippen LogP contribution in [0.2, 0.25) is 0 Å². The van der Waals surface area contributed by atoms with Crippen molar-refractivity contribution in [3.63, 3.8) is 0 Å². The molecule has 2 fully saturated rings. The number of likely N-dealkylation sites (tertiary alicyclic amines) is 1. The van der Waals surface area contributed by atoms with E-state index in [1.807, 2.05) is 30.9 Å². The van der Waals surface area contributed by atoms with Crippen molar-refractivity contribution < 1.29 is 14.3 Å². The van der Waals surface area contributed by atoms with Gasteiger partial charge in [0.2, 0.25) is 0 Å². The predicted molar refractivity (Wildman–Crippen MR) is 82.1 cm³/mol. The summed E-state index contributed by atoms with van der Waals surface area (Å²) < 4.78 is 5.54. The molecular weight excluding hydrogens is 282 g/mol. The third-order valence-corrected chi connectivity index (χ3v) is 4.21. The lowest BCUT2D eigenvalue weighted by Gasteiger charge is -2.43. The molecule has 22 heavy (non-hydrogen) atoms. The van der Waals surface area contributed by atoms with E-state index in [1.54, 1.807) is 11.0 Å². The molecule has 118 valence electrons. The smallest absolute Gasteiger partial charge is 0.317 e. The normalized spacial score (nSPS) is 18.2. The summed E-state index contributed by atoms with van der Waals surface area (Å²) in [6.07, 6.45) is 0. The van der Waals surface area contributed by atoms with Crippen molar-refractivity contribution in [1.29, 1.82) is 0 Å². The topological polar surface area (TPSA) is 61.9 Å². The number of nitrogens with one attached hydrogen (secondary N) is 1. The zero-order chi connectivity index (χ0) is 15.7. The summed E-state index contributed by atoms with van der Waals surface area (Å²) in [5.74, 6) is 0.751. The average molecular weight is 303 g/mol. The number of hydrogen-bond acceptors (Lipinski definition) is 3. The molecule has 2 saturated heterocycles. The number of rotatable bonds is 4. The summed E-state index contributed by atoms with van der Waals surface area (Å²) >= 11 is 0. The van der Waals surface area contributed by atoms with E-state index in [0.29, 0.717) is 31.8 Å². The van der Waals surface area contributed by atoms with E-state index in [-0.39, 0.29) is 18.0 Å². The number of aryl methyl sites for hydroxylation is 1. The van der Waals surface area contributed by atoms with Crippen LogP contribution < -0.4 is 10.1 Å². The second kappa shape index (κ2) is 5.87. The molecule has 1 aromatic rings. The Morgan fingerprint density at radius 1 is 1.41 bits per heavy atom. The summed E-state index contributed by atoms with van der Waals surface area (Å²) in [7, 11) is 0. The number of benzene rings is 1. The zero-order valence-corrected chi connectivity index (χ0v) is 13.0. The minimum Gasteiger partial charge on any atom is -0.494 e. The molecule has 2 aliphatic rings. The minimum atomic E-state index is -0.0222. The molecule has 6 heteroatoms. The fourth-order valence-corrected chi connectivity index (χ4v) is 2.88. The summed E-state index contributed by atoms with van der Waals surface area (Å²) in [4.78, 5) is 27.7. The van der Waals surface area contributed by atoms with Gasteiger partial charge in [-0.15, -0.1) is 0 Å². The van der Waals surface area contributed by atoms with Crippen LogP contribution in [0.5, 0.6) is 5.75 Å². The van der Waals surface area contributed by atoms with Crippen molar-refractivity contribution in [2.45, 2.75) is 19.9 Å². The van der Waals surface area contributed by atoms with E-state index in [2.05, 4.69) is 5.32 Å². The quantitative estimate of drug-likeness (QED) is 0.910. The van der Waals surface area contributed by atoms with E-state index in [4.69, 9.17) is 4.74 Å². The molecule has 0 bridgehead atoms. The largest absolute Gasteiger partial charge is 0.494 e. The Kier molecular flexibility index (Phi) is 3.92. The molecule has 0 atom stereocenters. The maximum Gasteiger partial charge on any atom is 0.317 e. The van der Waals surface area contributed by atoms with Crippen LogP contribution in [0, 0.1) is 6.92 Å². The van der Waals surface area contributed by atoms with E-state index < -0.39 is 0 Å². The molecule has 3 amide bonds. The second-order valence-corrected chi connectivity index (χ2v) is 5.70. The molecule has 1 aromatic carbocycles. The lowest BCUT2D eigenvalue weighted by molar-refractivity contribution is 0.0406. The van der Waals surface area contributed by atoms with Gasteiger partial charge in [0.05, 0.1) is 12.6 Å².